The van der Waals surface area contributed by atoms with Gasteiger partial charge in [-0.05, 0) is 24.0 Å². The zero-order valence-electron chi connectivity index (χ0n) is 13.3. The second kappa shape index (κ2) is 21.5. The molecule has 106 valence electrons. The van der Waals surface area contributed by atoms with Crippen molar-refractivity contribution in [1.29, 1.82) is 0 Å². The van der Waals surface area contributed by atoms with Gasteiger partial charge >= 0.3 is 0 Å². The minimum absolute atomic E-state index is 0.998. The van der Waals surface area contributed by atoms with Gasteiger partial charge in [0.15, 0.2) is 0 Å². The zero-order valence-corrected chi connectivity index (χ0v) is 13.3. The quantitative estimate of drug-likeness (QED) is 0.455. The van der Waals surface area contributed by atoms with Gasteiger partial charge in [0, 0.05) is 0 Å². The Labute approximate surface area is 121 Å². The summed E-state index contributed by atoms with van der Waals surface area (Å²) in [6, 6.07) is 10.5. The Hall–Kier alpha value is -1.74. The summed E-state index contributed by atoms with van der Waals surface area (Å²) in [7, 11) is 0. The third kappa shape index (κ3) is 14.2. The molecule has 0 atom stereocenters. The lowest BCUT2D eigenvalue weighted by atomic mass is 10.0. The number of terminal acetylenes is 1. The third-order valence-electron chi connectivity index (χ3n) is 1.98. The van der Waals surface area contributed by atoms with Crippen molar-refractivity contribution >= 4 is 0 Å². The molecule has 0 spiro atoms. The molecular formula is C19H30. The van der Waals surface area contributed by atoms with Crippen molar-refractivity contribution in [2.75, 3.05) is 0 Å². The maximum absolute atomic E-state index is 4.00. The number of benzene rings is 1. The Morgan fingerprint density at radius 3 is 1.89 bits per heavy atom. The van der Waals surface area contributed by atoms with Crippen LogP contribution in [0.15, 0.2) is 54.6 Å². The van der Waals surface area contributed by atoms with E-state index in [-0.39, 0.29) is 0 Å². The van der Waals surface area contributed by atoms with Gasteiger partial charge in [-0.15, -0.1) is 12.8 Å². The monoisotopic (exact) mass is 258 g/mol. The van der Waals surface area contributed by atoms with E-state index in [0.717, 1.165) is 12.8 Å². The molecule has 0 aliphatic carbocycles. The molecule has 0 aliphatic rings. The van der Waals surface area contributed by atoms with E-state index >= 15 is 0 Å². The summed E-state index contributed by atoms with van der Waals surface area (Å²) in [6.45, 7) is 14.0. The van der Waals surface area contributed by atoms with Crippen LogP contribution in [0.4, 0.5) is 0 Å². The molecule has 0 nitrogen and oxygen atoms in total. The molecule has 0 N–H and O–H groups in total. The number of rotatable bonds is 4. The number of allylic oxidation sites excluding steroid dienone is 3. The van der Waals surface area contributed by atoms with E-state index in [0.29, 0.717) is 0 Å². The van der Waals surface area contributed by atoms with E-state index in [1.807, 2.05) is 39.8 Å². The second-order valence-electron chi connectivity index (χ2n) is 3.05. The van der Waals surface area contributed by atoms with E-state index in [2.05, 4.69) is 56.7 Å². The molecule has 0 unspecified atom stereocenters. The molecule has 0 fully saturated rings. The Kier molecular flexibility index (Phi) is 25.4. The zero-order chi connectivity index (χ0) is 15.5. The lowest BCUT2D eigenvalue weighted by molar-refractivity contribution is 1.13. The van der Waals surface area contributed by atoms with Crippen molar-refractivity contribution in [1.82, 2.24) is 0 Å². The Bertz CT molecular complexity index is 314. The molecule has 0 heterocycles. The smallest absolute Gasteiger partial charge is 0.00292 e. The van der Waals surface area contributed by atoms with Crippen molar-refractivity contribution < 1.29 is 0 Å². The van der Waals surface area contributed by atoms with Gasteiger partial charge in [-0.1, -0.05) is 83.7 Å². The molecule has 0 aromatic heterocycles. The molecule has 1 aromatic rings. The molecule has 1 aromatic carbocycles. The van der Waals surface area contributed by atoms with Crippen LogP contribution in [-0.4, -0.2) is 0 Å². The van der Waals surface area contributed by atoms with Crippen molar-refractivity contribution in [3.05, 3.63) is 60.2 Å². The normalized spacial score (nSPS) is 8.47. The van der Waals surface area contributed by atoms with Gasteiger partial charge in [-0.25, -0.2) is 0 Å². The van der Waals surface area contributed by atoms with Crippen LogP contribution in [0, 0.1) is 12.8 Å². The van der Waals surface area contributed by atoms with Crippen LogP contribution in [0.1, 0.15) is 46.6 Å². The molecule has 0 bridgehead atoms. The maximum atomic E-state index is 4.00. The van der Waals surface area contributed by atoms with E-state index in [1.54, 1.807) is 0 Å². The average molecular weight is 258 g/mol. The van der Waals surface area contributed by atoms with E-state index < -0.39 is 0 Å². The van der Waals surface area contributed by atoms with Crippen LogP contribution in [-0.2, 0) is 6.42 Å². The number of hydrogen-bond acceptors (Lipinski definition) is 0. The van der Waals surface area contributed by atoms with Gasteiger partial charge in [0.2, 0.25) is 0 Å². The largest absolute Gasteiger partial charge is 0.124 e. The molecule has 0 amide bonds. The predicted octanol–water partition coefficient (Wildman–Crippen LogP) is 6.05. The van der Waals surface area contributed by atoms with Crippen molar-refractivity contribution in [2.45, 2.75) is 47.5 Å². The summed E-state index contributed by atoms with van der Waals surface area (Å²) in [5, 5.41) is 0. The average Bonchev–Trinajstić information content (AvgIpc) is 2.54. The van der Waals surface area contributed by atoms with E-state index in [9.17, 15) is 0 Å². The molecule has 19 heavy (non-hydrogen) atoms. The van der Waals surface area contributed by atoms with Crippen LogP contribution in [0.25, 0.3) is 0 Å². The summed E-state index contributed by atoms with van der Waals surface area (Å²) in [5.74, 6) is 0. The van der Waals surface area contributed by atoms with Crippen molar-refractivity contribution in [3.63, 3.8) is 0 Å². The van der Waals surface area contributed by atoms with Crippen LogP contribution in [0.5, 0.6) is 0 Å². The highest BCUT2D eigenvalue weighted by molar-refractivity contribution is 5.27. The fourth-order valence-electron chi connectivity index (χ4n) is 1.32. The highest BCUT2D eigenvalue weighted by Crippen LogP contribution is 2.08. The van der Waals surface area contributed by atoms with Crippen molar-refractivity contribution in [3.8, 4) is 12.8 Å². The SMILES string of the molecule is C#C.C=C/C(=C\CC)Cc1ccccc1.CC.CC. The Morgan fingerprint density at radius 2 is 1.53 bits per heavy atom. The standard InChI is InChI=1S/C13H16.2C2H6.C2H2/c1-3-8-12(4-2)11-13-9-6-5-7-10-13;3*1-2/h4-10H,2-3,11H2,1H3;2*1-2H3;1-2H/b12-8+;;;. The third-order valence-corrected chi connectivity index (χ3v) is 1.98. The van der Waals surface area contributed by atoms with Gasteiger partial charge in [-0.3, -0.25) is 0 Å². The second-order valence-corrected chi connectivity index (χ2v) is 3.05. The topological polar surface area (TPSA) is 0 Å². The molecule has 0 saturated carbocycles. The fraction of sp³-hybridized carbons (Fsp3) is 0.368. The van der Waals surface area contributed by atoms with Gasteiger partial charge < -0.3 is 0 Å². The highest BCUT2D eigenvalue weighted by Gasteiger charge is 1.93. The predicted molar refractivity (Wildman–Crippen MR) is 91.3 cm³/mol. The molecule has 0 radical (unpaired) electrons. The van der Waals surface area contributed by atoms with Crippen LogP contribution < -0.4 is 0 Å². The van der Waals surface area contributed by atoms with Gasteiger partial charge in [0.05, 0.1) is 0 Å². The molecular weight excluding hydrogens is 228 g/mol. The fourth-order valence-corrected chi connectivity index (χ4v) is 1.32. The first-order valence-corrected chi connectivity index (χ1v) is 7.05. The Morgan fingerprint density at radius 1 is 1.05 bits per heavy atom. The lowest BCUT2D eigenvalue weighted by Crippen LogP contribution is -1.86. The number of hydrogen-bond donors (Lipinski definition) is 0. The van der Waals surface area contributed by atoms with Crippen LogP contribution in [0.2, 0.25) is 0 Å². The lowest BCUT2D eigenvalue weighted by Gasteiger charge is -2.01. The Balaban J connectivity index is -0.000000375. The first-order chi connectivity index (χ1) is 9.36. The minimum Gasteiger partial charge on any atom is -0.124 e. The molecule has 0 heteroatoms. The first kappa shape index (κ1) is 22.4. The van der Waals surface area contributed by atoms with E-state index in [1.165, 1.54) is 11.1 Å². The maximum Gasteiger partial charge on any atom is -0.00292 e. The molecule has 1 rings (SSSR count). The summed E-state index contributed by atoms with van der Waals surface area (Å²) < 4.78 is 0. The first-order valence-electron chi connectivity index (χ1n) is 7.05. The van der Waals surface area contributed by atoms with Crippen LogP contribution >= 0.6 is 0 Å². The summed E-state index contributed by atoms with van der Waals surface area (Å²) in [5.41, 5.74) is 2.66. The van der Waals surface area contributed by atoms with Gasteiger partial charge in [0.25, 0.3) is 0 Å². The summed E-state index contributed by atoms with van der Waals surface area (Å²) in [6.07, 6.45) is 14.2. The highest BCUT2D eigenvalue weighted by atomic mass is 14.0. The van der Waals surface area contributed by atoms with Crippen LogP contribution in [0.3, 0.4) is 0 Å². The van der Waals surface area contributed by atoms with Gasteiger partial charge in [-0.2, -0.15) is 0 Å². The molecule has 0 saturated heterocycles. The minimum atomic E-state index is 0.998. The molecule has 0 aliphatic heterocycles. The summed E-state index contributed by atoms with van der Waals surface area (Å²) in [4.78, 5) is 0. The van der Waals surface area contributed by atoms with Gasteiger partial charge in [0.1, 0.15) is 0 Å². The van der Waals surface area contributed by atoms with E-state index in [4.69, 9.17) is 0 Å². The van der Waals surface area contributed by atoms with Crippen molar-refractivity contribution in [2.24, 2.45) is 0 Å². The summed E-state index contributed by atoms with van der Waals surface area (Å²) >= 11 is 0.